The van der Waals surface area contributed by atoms with Gasteiger partial charge in [-0.25, -0.2) is 8.78 Å². The second-order valence-corrected chi connectivity index (χ2v) is 5.24. The van der Waals surface area contributed by atoms with Gasteiger partial charge in [-0.3, -0.25) is 14.5 Å². The zero-order chi connectivity index (χ0) is 15.0. The Morgan fingerprint density at radius 3 is 2.20 bits per heavy atom. The molecule has 1 saturated heterocycles. The molecule has 1 aliphatic heterocycles. The van der Waals surface area contributed by atoms with Gasteiger partial charge in [0.05, 0.1) is 5.69 Å². The van der Waals surface area contributed by atoms with E-state index in [9.17, 15) is 18.4 Å². The van der Waals surface area contributed by atoms with Crippen LogP contribution < -0.4 is 10.2 Å². The van der Waals surface area contributed by atoms with Crippen molar-refractivity contribution < 1.29 is 18.4 Å². The van der Waals surface area contributed by atoms with Crippen LogP contribution in [0.4, 0.5) is 14.5 Å². The Balaban J connectivity index is 2.45. The summed E-state index contributed by atoms with van der Waals surface area (Å²) in [5, 5.41) is 2.63. The quantitative estimate of drug-likeness (QED) is 0.900. The van der Waals surface area contributed by atoms with Gasteiger partial charge in [0, 0.05) is 6.07 Å². The lowest BCUT2D eigenvalue weighted by Gasteiger charge is -2.38. The van der Waals surface area contributed by atoms with Crippen molar-refractivity contribution in [2.24, 2.45) is 5.92 Å². The van der Waals surface area contributed by atoms with Crippen LogP contribution in [0.15, 0.2) is 18.2 Å². The molecule has 1 aromatic carbocycles. The highest BCUT2D eigenvalue weighted by Crippen LogP contribution is 2.25. The van der Waals surface area contributed by atoms with Gasteiger partial charge in [0.2, 0.25) is 5.91 Å². The molecule has 2 rings (SSSR count). The van der Waals surface area contributed by atoms with E-state index >= 15 is 0 Å². The SMILES string of the molecule is CC(C)C1NC(=O)C(C)N(c2cc(F)cc(F)c2)C1=O. The lowest BCUT2D eigenvalue weighted by Crippen LogP contribution is -2.64. The Hall–Kier alpha value is -1.98. The van der Waals surface area contributed by atoms with Gasteiger partial charge in [0.25, 0.3) is 5.91 Å². The largest absolute Gasteiger partial charge is 0.342 e. The average Bonchev–Trinajstić information content (AvgIpc) is 2.32. The molecular weight excluding hydrogens is 266 g/mol. The molecule has 1 fully saturated rings. The molecule has 0 radical (unpaired) electrons. The summed E-state index contributed by atoms with van der Waals surface area (Å²) in [4.78, 5) is 25.5. The first kappa shape index (κ1) is 14.4. The van der Waals surface area contributed by atoms with E-state index in [1.54, 1.807) is 13.8 Å². The van der Waals surface area contributed by atoms with Crippen LogP contribution in [0.1, 0.15) is 20.8 Å². The predicted octanol–water partition coefficient (Wildman–Crippen LogP) is 1.84. The fourth-order valence-electron chi connectivity index (χ4n) is 2.27. The summed E-state index contributed by atoms with van der Waals surface area (Å²) in [5.74, 6) is -2.39. The topological polar surface area (TPSA) is 49.4 Å². The number of nitrogens with zero attached hydrogens (tertiary/aromatic N) is 1. The number of hydrogen-bond acceptors (Lipinski definition) is 2. The third-order valence-corrected chi connectivity index (χ3v) is 3.36. The van der Waals surface area contributed by atoms with E-state index in [1.807, 2.05) is 0 Å². The molecule has 0 bridgehead atoms. The van der Waals surface area contributed by atoms with Gasteiger partial charge in [-0.15, -0.1) is 0 Å². The number of piperazine rings is 1. The number of hydrogen-bond donors (Lipinski definition) is 1. The maximum Gasteiger partial charge on any atom is 0.250 e. The summed E-state index contributed by atoms with van der Waals surface area (Å²) >= 11 is 0. The second-order valence-electron chi connectivity index (χ2n) is 5.24. The van der Waals surface area contributed by atoms with Crippen LogP contribution in [0.2, 0.25) is 0 Å². The van der Waals surface area contributed by atoms with Gasteiger partial charge in [0.1, 0.15) is 23.7 Å². The molecule has 2 atom stereocenters. The summed E-state index contributed by atoms with van der Waals surface area (Å²) in [6.45, 7) is 5.11. The van der Waals surface area contributed by atoms with E-state index in [1.165, 1.54) is 6.92 Å². The van der Waals surface area contributed by atoms with Gasteiger partial charge < -0.3 is 5.32 Å². The maximum atomic E-state index is 13.3. The minimum atomic E-state index is -0.807. The van der Waals surface area contributed by atoms with E-state index in [-0.39, 0.29) is 23.4 Å². The Morgan fingerprint density at radius 2 is 1.70 bits per heavy atom. The standard InChI is InChI=1S/C14H16F2N2O2/c1-7(2)12-14(20)18(8(3)13(19)17-12)11-5-9(15)4-10(16)6-11/h4-8,12H,1-3H3,(H,17,19). The van der Waals surface area contributed by atoms with Gasteiger partial charge in [-0.2, -0.15) is 0 Å². The molecule has 1 aromatic rings. The fraction of sp³-hybridized carbons (Fsp3) is 0.429. The van der Waals surface area contributed by atoms with Crippen LogP contribution in [-0.2, 0) is 9.59 Å². The first-order valence-electron chi connectivity index (χ1n) is 6.41. The highest BCUT2D eigenvalue weighted by Gasteiger charge is 2.40. The smallest absolute Gasteiger partial charge is 0.250 e. The van der Waals surface area contributed by atoms with Gasteiger partial charge in [0.15, 0.2) is 0 Å². The van der Waals surface area contributed by atoms with Crippen molar-refractivity contribution in [3.63, 3.8) is 0 Å². The van der Waals surface area contributed by atoms with Crippen LogP contribution in [0, 0.1) is 17.6 Å². The molecule has 1 heterocycles. The lowest BCUT2D eigenvalue weighted by molar-refractivity contribution is -0.134. The van der Waals surface area contributed by atoms with Crippen LogP contribution in [0.5, 0.6) is 0 Å². The highest BCUT2D eigenvalue weighted by atomic mass is 19.1. The summed E-state index contributed by atoms with van der Waals surface area (Å²) < 4.78 is 26.6. The molecule has 0 saturated carbocycles. The molecule has 1 aliphatic rings. The Labute approximate surface area is 115 Å². The molecule has 0 spiro atoms. The Morgan fingerprint density at radius 1 is 1.15 bits per heavy atom. The maximum absolute atomic E-state index is 13.3. The summed E-state index contributed by atoms with van der Waals surface area (Å²) in [7, 11) is 0. The van der Waals surface area contributed by atoms with E-state index in [4.69, 9.17) is 0 Å². The summed E-state index contributed by atoms with van der Waals surface area (Å²) in [5.41, 5.74) is 0.0560. The first-order valence-corrected chi connectivity index (χ1v) is 6.41. The van der Waals surface area contributed by atoms with Crippen molar-refractivity contribution in [2.75, 3.05) is 4.90 Å². The van der Waals surface area contributed by atoms with Gasteiger partial charge in [-0.05, 0) is 25.0 Å². The normalized spacial score (nSPS) is 23.2. The molecule has 0 aliphatic carbocycles. The van der Waals surface area contributed by atoms with Crippen molar-refractivity contribution >= 4 is 17.5 Å². The minimum absolute atomic E-state index is 0.0560. The predicted molar refractivity (Wildman–Crippen MR) is 70.1 cm³/mol. The number of nitrogens with one attached hydrogen (secondary N) is 1. The number of halogens is 2. The molecule has 6 heteroatoms. The Kier molecular flexibility index (Phi) is 3.74. The monoisotopic (exact) mass is 282 g/mol. The summed E-state index contributed by atoms with van der Waals surface area (Å²) in [6, 6.07) is 1.33. The minimum Gasteiger partial charge on any atom is -0.342 e. The van der Waals surface area contributed by atoms with Crippen molar-refractivity contribution in [1.29, 1.82) is 0 Å². The number of anilines is 1. The van der Waals surface area contributed by atoms with Gasteiger partial charge in [-0.1, -0.05) is 13.8 Å². The molecule has 108 valence electrons. The first-order chi connectivity index (χ1) is 9.31. The number of benzene rings is 1. The number of rotatable bonds is 2. The fourth-order valence-corrected chi connectivity index (χ4v) is 2.27. The van der Waals surface area contributed by atoms with Gasteiger partial charge >= 0.3 is 0 Å². The summed E-state index contributed by atoms with van der Waals surface area (Å²) in [6.07, 6.45) is 0. The van der Waals surface area contributed by atoms with Crippen molar-refractivity contribution in [1.82, 2.24) is 5.32 Å². The zero-order valence-corrected chi connectivity index (χ0v) is 11.5. The number of carbonyl (C=O) groups is 2. The third-order valence-electron chi connectivity index (χ3n) is 3.36. The van der Waals surface area contributed by atoms with Crippen LogP contribution in [-0.4, -0.2) is 23.9 Å². The van der Waals surface area contributed by atoms with E-state index in [0.717, 1.165) is 23.1 Å². The molecule has 0 aromatic heterocycles. The molecule has 4 nitrogen and oxygen atoms in total. The van der Waals surface area contributed by atoms with Crippen molar-refractivity contribution in [3.05, 3.63) is 29.8 Å². The van der Waals surface area contributed by atoms with E-state index in [0.29, 0.717) is 0 Å². The zero-order valence-electron chi connectivity index (χ0n) is 11.5. The van der Waals surface area contributed by atoms with E-state index < -0.39 is 23.7 Å². The molecular formula is C14H16F2N2O2. The highest BCUT2D eigenvalue weighted by molar-refractivity contribution is 6.08. The average molecular weight is 282 g/mol. The van der Waals surface area contributed by atoms with E-state index in [2.05, 4.69) is 5.32 Å². The van der Waals surface area contributed by atoms with Crippen LogP contribution in [0.3, 0.4) is 0 Å². The van der Waals surface area contributed by atoms with Crippen molar-refractivity contribution in [2.45, 2.75) is 32.9 Å². The van der Waals surface area contributed by atoms with Crippen molar-refractivity contribution in [3.8, 4) is 0 Å². The molecule has 2 unspecified atom stereocenters. The lowest BCUT2D eigenvalue weighted by atomic mass is 9.98. The Bertz CT molecular complexity index is 540. The third kappa shape index (κ3) is 2.50. The van der Waals surface area contributed by atoms with Crippen LogP contribution in [0.25, 0.3) is 0 Å². The molecule has 20 heavy (non-hydrogen) atoms. The number of carbonyl (C=O) groups excluding carboxylic acids is 2. The second kappa shape index (κ2) is 5.19. The number of amides is 2. The van der Waals surface area contributed by atoms with Crippen LogP contribution >= 0.6 is 0 Å². The molecule has 2 amide bonds. The molecule has 1 N–H and O–H groups in total.